The number of nitrogens with one attached hydrogen (secondary N) is 1. The number of hydrogen-bond acceptors (Lipinski definition) is 4. The van der Waals surface area contributed by atoms with E-state index in [4.69, 9.17) is 16.3 Å². The second-order valence-corrected chi connectivity index (χ2v) is 6.44. The van der Waals surface area contributed by atoms with Gasteiger partial charge in [-0.3, -0.25) is 4.40 Å². The minimum Gasteiger partial charge on any atom is -0.437 e. The average Bonchev–Trinajstić information content (AvgIpc) is 3.10. The van der Waals surface area contributed by atoms with Gasteiger partial charge in [-0.15, -0.1) is 11.3 Å². The van der Waals surface area contributed by atoms with Crippen LogP contribution in [0.2, 0.25) is 5.02 Å². The van der Waals surface area contributed by atoms with Gasteiger partial charge in [0.1, 0.15) is 11.4 Å². The molecule has 0 amide bonds. The molecule has 0 radical (unpaired) electrons. The Morgan fingerprint density at radius 1 is 1.33 bits per heavy atom. The largest absolute Gasteiger partial charge is 0.437 e. The molecule has 1 saturated carbocycles. The number of hydrogen-bond donors (Lipinski definition) is 1. The molecular formula is C15H14ClN3OS. The smallest absolute Gasteiger partial charge is 0.243 e. The lowest BCUT2D eigenvalue weighted by Crippen LogP contribution is -2.16. The zero-order valence-corrected chi connectivity index (χ0v) is 12.8. The molecule has 4 nitrogen and oxygen atoms in total. The van der Waals surface area contributed by atoms with Crippen LogP contribution in [0.15, 0.2) is 35.8 Å². The standard InChI is InChI=1S/C15H14ClN3OS/c16-10-1-5-12(6-2-10)20-14-13(9-17-11-3-4-11)19-7-8-21-15(19)18-14/h1-2,5-8,11,17H,3-4,9H2. The lowest BCUT2D eigenvalue weighted by Gasteiger charge is -2.07. The van der Waals surface area contributed by atoms with Crippen molar-refractivity contribution in [1.29, 1.82) is 0 Å². The van der Waals surface area contributed by atoms with Gasteiger partial charge >= 0.3 is 0 Å². The van der Waals surface area contributed by atoms with Crippen LogP contribution in [0.1, 0.15) is 18.5 Å². The molecule has 1 N–H and O–H groups in total. The van der Waals surface area contributed by atoms with Gasteiger partial charge in [-0.1, -0.05) is 11.6 Å². The summed E-state index contributed by atoms with van der Waals surface area (Å²) in [5, 5.41) is 6.25. The Hall–Kier alpha value is -1.56. The third-order valence-electron chi connectivity index (χ3n) is 3.49. The number of ether oxygens (including phenoxy) is 1. The van der Waals surface area contributed by atoms with Gasteiger partial charge in [0, 0.05) is 29.2 Å². The summed E-state index contributed by atoms with van der Waals surface area (Å²) in [6, 6.07) is 7.99. The summed E-state index contributed by atoms with van der Waals surface area (Å²) in [5.41, 5.74) is 1.06. The van der Waals surface area contributed by atoms with Crippen molar-refractivity contribution in [1.82, 2.24) is 14.7 Å². The van der Waals surface area contributed by atoms with E-state index in [9.17, 15) is 0 Å². The van der Waals surface area contributed by atoms with Crippen LogP contribution in [0.5, 0.6) is 11.6 Å². The molecule has 1 fully saturated rings. The molecular weight excluding hydrogens is 306 g/mol. The minimum atomic E-state index is 0.651. The maximum absolute atomic E-state index is 5.94. The van der Waals surface area contributed by atoms with Crippen molar-refractivity contribution in [2.45, 2.75) is 25.4 Å². The number of rotatable bonds is 5. The van der Waals surface area contributed by atoms with Gasteiger partial charge in [-0.05, 0) is 37.1 Å². The van der Waals surface area contributed by atoms with Crippen molar-refractivity contribution in [2.24, 2.45) is 0 Å². The predicted molar refractivity (Wildman–Crippen MR) is 84.5 cm³/mol. The Bertz CT molecular complexity index is 761. The summed E-state index contributed by atoms with van der Waals surface area (Å²) >= 11 is 7.51. The second-order valence-electron chi connectivity index (χ2n) is 5.13. The van der Waals surface area contributed by atoms with Crippen LogP contribution in [0.4, 0.5) is 0 Å². The van der Waals surface area contributed by atoms with E-state index < -0.39 is 0 Å². The summed E-state index contributed by atoms with van der Waals surface area (Å²) in [7, 11) is 0. The fourth-order valence-corrected chi connectivity index (χ4v) is 3.05. The van der Waals surface area contributed by atoms with Crippen LogP contribution >= 0.6 is 22.9 Å². The lowest BCUT2D eigenvalue weighted by atomic mass is 10.3. The van der Waals surface area contributed by atoms with E-state index in [2.05, 4.69) is 14.7 Å². The molecule has 0 spiro atoms. The number of nitrogens with zero attached hydrogens (tertiary/aromatic N) is 2. The minimum absolute atomic E-state index is 0.651. The molecule has 2 heterocycles. The van der Waals surface area contributed by atoms with E-state index in [0.29, 0.717) is 16.9 Å². The van der Waals surface area contributed by atoms with E-state index in [1.807, 2.05) is 35.8 Å². The first-order valence-electron chi connectivity index (χ1n) is 6.91. The van der Waals surface area contributed by atoms with Crippen molar-refractivity contribution in [3.63, 3.8) is 0 Å². The Kier molecular flexibility index (Phi) is 3.33. The molecule has 0 atom stereocenters. The van der Waals surface area contributed by atoms with Gasteiger partial charge < -0.3 is 10.1 Å². The summed E-state index contributed by atoms with van der Waals surface area (Å²) in [6.45, 7) is 0.769. The first-order valence-corrected chi connectivity index (χ1v) is 8.16. The number of aromatic nitrogens is 2. The topological polar surface area (TPSA) is 38.6 Å². The number of thiazole rings is 1. The summed E-state index contributed by atoms with van der Waals surface area (Å²) in [4.78, 5) is 5.53. The third-order valence-corrected chi connectivity index (χ3v) is 4.50. The SMILES string of the molecule is Clc1ccc(Oc2nc3sccn3c2CNC2CC2)cc1. The van der Waals surface area contributed by atoms with Crippen molar-refractivity contribution in [3.05, 3.63) is 46.6 Å². The predicted octanol–water partition coefficient (Wildman–Crippen LogP) is 4.09. The van der Waals surface area contributed by atoms with E-state index in [0.717, 1.165) is 22.9 Å². The van der Waals surface area contributed by atoms with E-state index in [1.54, 1.807) is 11.3 Å². The molecule has 21 heavy (non-hydrogen) atoms. The summed E-state index contributed by atoms with van der Waals surface area (Å²) < 4.78 is 8.03. The van der Waals surface area contributed by atoms with Crippen molar-refractivity contribution in [3.8, 4) is 11.6 Å². The average molecular weight is 320 g/mol. The van der Waals surface area contributed by atoms with Crippen molar-refractivity contribution < 1.29 is 4.74 Å². The van der Waals surface area contributed by atoms with Crippen molar-refractivity contribution >= 4 is 27.9 Å². The van der Waals surface area contributed by atoms with Gasteiger partial charge in [-0.2, -0.15) is 4.98 Å². The van der Waals surface area contributed by atoms with Crippen molar-refractivity contribution in [2.75, 3.05) is 0 Å². The van der Waals surface area contributed by atoms with Gasteiger partial charge in [0.05, 0.1) is 0 Å². The Balaban J connectivity index is 1.64. The zero-order chi connectivity index (χ0) is 14.2. The molecule has 108 valence electrons. The highest BCUT2D eigenvalue weighted by atomic mass is 35.5. The van der Waals surface area contributed by atoms with Crippen LogP contribution in [-0.4, -0.2) is 15.4 Å². The Labute approximate surface area is 131 Å². The molecule has 2 aromatic heterocycles. The zero-order valence-electron chi connectivity index (χ0n) is 11.3. The fourth-order valence-electron chi connectivity index (χ4n) is 2.20. The maximum atomic E-state index is 5.94. The molecule has 3 aromatic rings. The van der Waals surface area contributed by atoms with Gasteiger partial charge in [-0.25, -0.2) is 0 Å². The van der Waals surface area contributed by atoms with E-state index in [-0.39, 0.29) is 0 Å². The molecule has 0 saturated heterocycles. The normalized spacial score (nSPS) is 14.7. The molecule has 6 heteroatoms. The first-order chi connectivity index (χ1) is 10.3. The van der Waals surface area contributed by atoms with E-state index in [1.165, 1.54) is 12.8 Å². The highest BCUT2D eigenvalue weighted by Crippen LogP contribution is 2.29. The molecule has 0 bridgehead atoms. The number of imidazole rings is 1. The van der Waals surface area contributed by atoms with E-state index >= 15 is 0 Å². The van der Waals surface area contributed by atoms with Crippen LogP contribution in [0.3, 0.4) is 0 Å². The molecule has 1 aliphatic carbocycles. The molecule has 4 rings (SSSR count). The quantitative estimate of drug-likeness (QED) is 0.769. The number of fused-ring (bicyclic) bond motifs is 1. The number of benzene rings is 1. The second kappa shape index (κ2) is 5.33. The maximum Gasteiger partial charge on any atom is 0.243 e. The summed E-state index contributed by atoms with van der Waals surface area (Å²) in [6.07, 6.45) is 4.56. The summed E-state index contributed by atoms with van der Waals surface area (Å²) in [5.74, 6) is 1.41. The molecule has 0 aliphatic heterocycles. The van der Waals surface area contributed by atoms with Gasteiger partial charge in [0.2, 0.25) is 5.88 Å². The van der Waals surface area contributed by atoms with Crippen LogP contribution in [-0.2, 0) is 6.54 Å². The lowest BCUT2D eigenvalue weighted by molar-refractivity contribution is 0.455. The van der Waals surface area contributed by atoms with Crippen LogP contribution in [0, 0.1) is 0 Å². The van der Waals surface area contributed by atoms with Crippen LogP contribution < -0.4 is 10.1 Å². The fraction of sp³-hybridized carbons (Fsp3) is 0.267. The molecule has 0 unspecified atom stereocenters. The molecule has 1 aromatic carbocycles. The highest BCUT2D eigenvalue weighted by molar-refractivity contribution is 7.15. The Morgan fingerprint density at radius 3 is 2.90 bits per heavy atom. The highest BCUT2D eigenvalue weighted by Gasteiger charge is 2.23. The first kappa shape index (κ1) is 13.1. The molecule has 1 aliphatic rings. The van der Waals surface area contributed by atoms with Gasteiger partial charge in [0.15, 0.2) is 4.96 Å². The third kappa shape index (κ3) is 2.77. The monoisotopic (exact) mass is 319 g/mol. The Morgan fingerprint density at radius 2 is 2.14 bits per heavy atom. The van der Waals surface area contributed by atoms with Crippen LogP contribution in [0.25, 0.3) is 4.96 Å². The van der Waals surface area contributed by atoms with Gasteiger partial charge in [0.25, 0.3) is 0 Å². The number of halogens is 1.